The van der Waals surface area contributed by atoms with Crippen molar-refractivity contribution >= 4 is 11.8 Å². The third kappa shape index (κ3) is 7.46. The molecule has 1 heterocycles. The fraction of sp³-hybridized carbons (Fsp3) is 0.550. The van der Waals surface area contributed by atoms with E-state index in [4.69, 9.17) is 4.74 Å². The topological polar surface area (TPSA) is 96.2 Å². The summed E-state index contributed by atoms with van der Waals surface area (Å²) < 4.78 is 10.00. The number of Topliss-reactive ketones (excluding diaryl/α,β-unsaturated/α-hetero) is 1. The first kappa shape index (κ1) is 21.5. The zero-order valence-electron chi connectivity index (χ0n) is 16.6. The number of unbranched alkanes of at least 4 members (excludes halogenated alkanes) is 5. The lowest BCUT2D eigenvalue weighted by Crippen LogP contribution is -2.19. The van der Waals surface area contributed by atoms with E-state index in [-0.39, 0.29) is 24.8 Å². The number of aromatic nitrogens is 4. The van der Waals surface area contributed by atoms with Gasteiger partial charge in [0.25, 0.3) is 5.82 Å². The highest BCUT2D eigenvalue weighted by molar-refractivity contribution is 5.84. The Hall–Kier alpha value is -2.77. The number of ketones is 1. The van der Waals surface area contributed by atoms with Crippen LogP contribution in [-0.2, 0) is 22.5 Å². The molecule has 1 aromatic heterocycles. The smallest absolute Gasteiger partial charge is 0.379 e. The van der Waals surface area contributed by atoms with Crippen LogP contribution in [0.2, 0.25) is 0 Å². The fourth-order valence-electron chi connectivity index (χ4n) is 2.71. The van der Waals surface area contributed by atoms with Crippen LogP contribution in [0, 0.1) is 0 Å². The predicted octanol–water partition coefficient (Wildman–Crippen LogP) is 3.01. The summed E-state index contributed by atoms with van der Waals surface area (Å²) in [4.78, 5) is 24.3. The monoisotopic (exact) mass is 388 g/mol. The van der Waals surface area contributed by atoms with Gasteiger partial charge in [0, 0.05) is 0 Å². The standard InChI is InChI=1S/C20H28N4O4/c1-3-4-5-6-7-8-9-16-10-12-18(13-11-16)28-15-17(25)14-24-22-19(21-23-24)20(26)27-2/h10-13H,3-9,14-15H2,1-2H3. The maximum atomic E-state index is 12.0. The Morgan fingerprint density at radius 1 is 1.04 bits per heavy atom. The molecule has 0 spiro atoms. The number of ether oxygens (including phenoxy) is 2. The van der Waals surface area contributed by atoms with Crippen molar-refractivity contribution < 1.29 is 19.1 Å². The summed E-state index contributed by atoms with van der Waals surface area (Å²) in [6.07, 6.45) is 8.75. The highest BCUT2D eigenvalue weighted by Gasteiger charge is 2.14. The Morgan fingerprint density at radius 2 is 1.75 bits per heavy atom. The molecular weight excluding hydrogens is 360 g/mol. The van der Waals surface area contributed by atoms with Crippen LogP contribution in [0.3, 0.4) is 0 Å². The quantitative estimate of drug-likeness (QED) is 0.384. The second kappa shape index (κ2) is 11.8. The summed E-state index contributed by atoms with van der Waals surface area (Å²) in [5, 5.41) is 11.0. The van der Waals surface area contributed by atoms with Gasteiger partial charge in [-0.05, 0) is 35.8 Å². The van der Waals surface area contributed by atoms with Crippen LogP contribution < -0.4 is 4.74 Å². The molecule has 0 aliphatic heterocycles. The van der Waals surface area contributed by atoms with Crippen LogP contribution in [0.1, 0.15) is 61.6 Å². The van der Waals surface area contributed by atoms with E-state index in [1.807, 2.05) is 24.3 Å². The van der Waals surface area contributed by atoms with Gasteiger partial charge in [0.05, 0.1) is 7.11 Å². The van der Waals surface area contributed by atoms with E-state index >= 15 is 0 Å². The van der Waals surface area contributed by atoms with Crippen molar-refractivity contribution in [3.63, 3.8) is 0 Å². The number of hydrogen-bond donors (Lipinski definition) is 0. The summed E-state index contributed by atoms with van der Waals surface area (Å²) in [7, 11) is 1.22. The lowest BCUT2D eigenvalue weighted by molar-refractivity contribution is -0.122. The van der Waals surface area contributed by atoms with Crippen molar-refractivity contribution in [3.05, 3.63) is 35.7 Å². The van der Waals surface area contributed by atoms with E-state index in [9.17, 15) is 9.59 Å². The van der Waals surface area contributed by atoms with Crippen LogP contribution >= 0.6 is 0 Å². The van der Waals surface area contributed by atoms with Gasteiger partial charge in [-0.15, -0.1) is 10.2 Å². The highest BCUT2D eigenvalue weighted by Crippen LogP contribution is 2.15. The molecule has 0 radical (unpaired) electrons. The van der Waals surface area contributed by atoms with Crippen LogP contribution in [0.15, 0.2) is 24.3 Å². The summed E-state index contributed by atoms with van der Waals surface area (Å²) in [5.74, 6) is -0.472. The minimum absolute atomic E-state index is 0.105. The molecule has 0 N–H and O–H groups in total. The van der Waals surface area contributed by atoms with E-state index in [2.05, 4.69) is 27.1 Å². The summed E-state index contributed by atoms with van der Waals surface area (Å²) in [5.41, 5.74) is 1.27. The SMILES string of the molecule is CCCCCCCCc1ccc(OCC(=O)Cn2nnc(C(=O)OC)n2)cc1. The van der Waals surface area contributed by atoms with Crippen molar-refractivity contribution in [3.8, 4) is 5.75 Å². The van der Waals surface area contributed by atoms with Crippen molar-refractivity contribution in [2.75, 3.05) is 13.7 Å². The van der Waals surface area contributed by atoms with E-state index in [1.54, 1.807) is 0 Å². The van der Waals surface area contributed by atoms with Crippen LogP contribution in [0.4, 0.5) is 0 Å². The van der Waals surface area contributed by atoms with Gasteiger partial charge < -0.3 is 9.47 Å². The van der Waals surface area contributed by atoms with Gasteiger partial charge in [0.2, 0.25) is 0 Å². The second-order valence-corrected chi connectivity index (χ2v) is 6.62. The molecule has 8 heteroatoms. The van der Waals surface area contributed by atoms with Crippen molar-refractivity contribution in [1.29, 1.82) is 0 Å². The summed E-state index contributed by atoms with van der Waals surface area (Å²) >= 11 is 0. The number of methoxy groups -OCH3 is 1. The molecule has 0 saturated carbocycles. The Labute approximate surface area is 165 Å². The van der Waals surface area contributed by atoms with Gasteiger partial charge in [-0.1, -0.05) is 51.2 Å². The number of carbonyl (C=O) groups is 2. The first-order valence-corrected chi connectivity index (χ1v) is 9.72. The molecule has 0 amide bonds. The normalized spacial score (nSPS) is 10.6. The molecule has 0 atom stereocenters. The van der Waals surface area contributed by atoms with E-state index < -0.39 is 5.97 Å². The Kier molecular flexibility index (Phi) is 9.10. The number of tetrazole rings is 1. The number of esters is 1. The van der Waals surface area contributed by atoms with Gasteiger partial charge in [-0.3, -0.25) is 4.79 Å². The first-order valence-electron chi connectivity index (χ1n) is 9.72. The predicted molar refractivity (Wildman–Crippen MR) is 103 cm³/mol. The molecule has 0 saturated heterocycles. The van der Waals surface area contributed by atoms with Gasteiger partial charge in [-0.2, -0.15) is 4.80 Å². The minimum Gasteiger partial charge on any atom is -0.486 e. The van der Waals surface area contributed by atoms with Crippen LogP contribution in [-0.4, -0.2) is 45.7 Å². The van der Waals surface area contributed by atoms with Crippen molar-refractivity contribution in [1.82, 2.24) is 20.2 Å². The second-order valence-electron chi connectivity index (χ2n) is 6.62. The van der Waals surface area contributed by atoms with E-state index in [0.717, 1.165) is 11.2 Å². The summed E-state index contributed by atoms with van der Waals surface area (Å²) in [6.45, 7) is 2.00. The number of aryl methyl sites for hydroxylation is 1. The molecule has 152 valence electrons. The zero-order chi connectivity index (χ0) is 20.2. The fourth-order valence-corrected chi connectivity index (χ4v) is 2.71. The van der Waals surface area contributed by atoms with Gasteiger partial charge in [0.15, 0.2) is 5.78 Å². The molecule has 2 aromatic rings. The van der Waals surface area contributed by atoms with E-state index in [0.29, 0.717) is 5.75 Å². The zero-order valence-corrected chi connectivity index (χ0v) is 16.6. The Bertz CT molecular complexity index is 743. The molecule has 28 heavy (non-hydrogen) atoms. The van der Waals surface area contributed by atoms with Crippen molar-refractivity contribution in [2.24, 2.45) is 0 Å². The molecule has 0 unspecified atom stereocenters. The lowest BCUT2D eigenvalue weighted by Gasteiger charge is -2.07. The average Bonchev–Trinajstić information content (AvgIpc) is 3.17. The molecule has 0 bridgehead atoms. The number of hydrogen-bond acceptors (Lipinski definition) is 7. The molecule has 8 nitrogen and oxygen atoms in total. The Morgan fingerprint density at radius 3 is 2.46 bits per heavy atom. The first-order chi connectivity index (χ1) is 13.6. The molecular formula is C20H28N4O4. The largest absolute Gasteiger partial charge is 0.486 e. The number of nitrogens with zero attached hydrogens (tertiary/aromatic N) is 4. The Balaban J connectivity index is 1.68. The van der Waals surface area contributed by atoms with E-state index in [1.165, 1.54) is 51.2 Å². The third-order valence-corrected chi connectivity index (χ3v) is 4.28. The number of rotatable bonds is 13. The third-order valence-electron chi connectivity index (χ3n) is 4.28. The van der Waals surface area contributed by atoms with Gasteiger partial charge in [0.1, 0.15) is 18.9 Å². The average molecular weight is 388 g/mol. The van der Waals surface area contributed by atoms with Gasteiger partial charge >= 0.3 is 5.97 Å². The number of benzene rings is 1. The molecule has 0 aliphatic rings. The lowest BCUT2D eigenvalue weighted by atomic mass is 10.0. The molecule has 0 fully saturated rings. The minimum atomic E-state index is -0.698. The molecule has 2 rings (SSSR count). The number of carbonyl (C=O) groups excluding carboxylic acids is 2. The maximum absolute atomic E-state index is 12.0. The van der Waals surface area contributed by atoms with Crippen molar-refractivity contribution in [2.45, 2.75) is 58.4 Å². The highest BCUT2D eigenvalue weighted by atomic mass is 16.5. The van der Waals surface area contributed by atoms with Crippen LogP contribution in [0.25, 0.3) is 0 Å². The summed E-state index contributed by atoms with van der Waals surface area (Å²) in [6, 6.07) is 7.83. The molecule has 0 aliphatic carbocycles. The van der Waals surface area contributed by atoms with Gasteiger partial charge in [-0.25, -0.2) is 4.79 Å². The molecule has 1 aromatic carbocycles. The maximum Gasteiger partial charge on any atom is 0.379 e. The van der Waals surface area contributed by atoms with Crippen LogP contribution in [0.5, 0.6) is 5.75 Å².